The number of carboxylic acid groups (broad SMARTS) is 1. The molecule has 0 aromatic carbocycles. The van der Waals surface area contributed by atoms with E-state index in [1.807, 2.05) is 0 Å². The van der Waals surface area contributed by atoms with Crippen molar-refractivity contribution < 1.29 is 28.9 Å². The van der Waals surface area contributed by atoms with Crippen LogP contribution in [0.2, 0.25) is 0 Å². The van der Waals surface area contributed by atoms with Crippen molar-refractivity contribution in [2.45, 2.75) is 51.0 Å². The van der Waals surface area contributed by atoms with Gasteiger partial charge in [0.1, 0.15) is 11.6 Å². The number of piperidine rings is 1. The number of likely N-dealkylation sites (tertiary alicyclic amines) is 1. The zero-order valence-corrected chi connectivity index (χ0v) is 12.0. The van der Waals surface area contributed by atoms with Gasteiger partial charge in [-0.3, -0.25) is 4.90 Å². The van der Waals surface area contributed by atoms with Gasteiger partial charge >= 0.3 is 12.1 Å². The van der Waals surface area contributed by atoms with Gasteiger partial charge in [-0.05, 0) is 20.8 Å². The first-order valence-corrected chi connectivity index (χ1v) is 6.73. The lowest BCUT2D eigenvalue weighted by atomic mass is 9.96. The fourth-order valence-corrected chi connectivity index (χ4v) is 2.47. The summed E-state index contributed by atoms with van der Waals surface area (Å²) in [5, 5.41) is 9.34. The van der Waals surface area contributed by atoms with Crippen LogP contribution in [0.25, 0.3) is 0 Å². The molecular weight excluding hydrogens is 266 g/mol. The Bertz CT molecular complexity index is 396. The van der Waals surface area contributed by atoms with Gasteiger partial charge in [0.05, 0.1) is 13.2 Å². The van der Waals surface area contributed by atoms with Crippen LogP contribution in [0.15, 0.2) is 0 Å². The molecule has 0 aromatic rings. The zero-order chi connectivity index (χ0) is 15.0. The van der Waals surface area contributed by atoms with E-state index >= 15 is 0 Å². The molecule has 20 heavy (non-hydrogen) atoms. The molecule has 2 fully saturated rings. The lowest BCUT2D eigenvalue weighted by Crippen LogP contribution is -2.56. The molecule has 7 heteroatoms. The number of amides is 1. The van der Waals surface area contributed by atoms with E-state index in [-0.39, 0.29) is 13.0 Å². The first-order valence-electron chi connectivity index (χ1n) is 6.73. The van der Waals surface area contributed by atoms with Crippen LogP contribution >= 0.6 is 0 Å². The molecule has 114 valence electrons. The molecule has 1 spiro atoms. The van der Waals surface area contributed by atoms with Crippen LogP contribution in [0, 0.1) is 0 Å². The Labute approximate surface area is 117 Å². The highest BCUT2D eigenvalue weighted by atomic mass is 16.7. The zero-order valence-electron chi connectivity index (χ0n) is 12.0. The lowest BCUT2D eigenvalue weighted by molar-refractivity contribution is -0.200. The van der Waals surface area contributed by atoms with Crippen molar-refractivity contribution in [2.24, 2.45) is 0 Å². The molecule has 0 radical (unpaired) electrons. The molecule has 1 N–H and O–H groups in total. The van der Waals surface area contributed by atoms with E-state index in [2.05, 4.69) is 0 Å². The molecule has 1 atom stereocenters. The first kappa shape index (κ1) is 15.1. The van der Waals surface area contributed by atoms with Crippen LogP contribution in [0.1, 0.15) is 33.6 Å². The van der Waals surface area contributed by atoms with Crippen LogP contribution < -0.4 is 0 Å². The fraction of sp³-hybridized carbons (Fsp3) is 0.846. The maximum Gasteiger partial charge on any atom is 0.411 e. The SMILES string of the molecule is CC(C)(C)OC(=O)N1CCC2(C[C@@H]1C(=O)O)OCCO2. The standard InChI is InChI=1S/C13H21NO6/c1-12(2,3)20-11(17)14-5-4-13(18-6-7-19-13)8-9(14)10(15)16/h9H,4-8H2,1-3H3,(H,15,16)/t9-/m1/s1. The van der Waals surface area contributed by atoms with E-state index in [0.29, 0.717) is 19.6 Å². The molecule has 7 nitrogen and oxygen atoms in total. The second-order valence-corrected chi connectivity index (χ2v) is 6.09. The predicted octanol–water partition coefficient (Wildman–Crippen LogP) is 1.21. The molecule has 0 saturated carbocycles. The number of carboxylic acids is 1. The molecule has 2 aliphatic heterocycles. The quantitative estimate of drug-likeness (QED) is 0.780. The summed E-state index contributed by atoms with van der Waals surface area (Å²) in [5.74, 6) is -1.93. The molecule has 2 saturated heterocycles. The van der Waals surface area contributed by atoms with Crippen LogP contribution in [0.5, 0.6) is 0 Å². The fourth-order valence-electron chi connectivity index (χ4n) is 2.47. The third-order valence-electron chi connectivity index (χ3n) is 3.34. The van der Waals surface area contributed by atoms with E-state index in [0.717, 1.165) is 0 Å². The van der Waals surface area contributed by atoms with Crippen molar-refractivity contribution in [3.8, 4) is 0 Å². The number of hydrogen-bond acceptors (Lipinski definition) is 5. The number of hydrogen-bond donors (Lipinski definition) is 1. The molecule has 0 unspecified atom stereocenters. The Morgan fingerprint density at radius 1 is 1.30 bits per heavy atom. The minimum absolute atomic E-state index is 0.127. The molecule has 2 rings (SSSR count). The Hall–Kier alpha value is -1.34. The van der Waals surface area contributed by atoms with Crippen molar-refractivity contribution in [2.75, 3.05) is 19.8 Å². The van der Waals surface area contributed by atoms with Crippen molar-refractivity contribution in [1.82, 2.24) is 4.90 Å². The summed E-state index contributed by atoms with van der Waals surface area (Å²) in [7, 11) is 0. The van der Waals surface area contributed by atoms with Gasteiger partial charge in [-0.25, -0.2) is 9.59 Å². The molecular formula is C13H21NO6. The third-order valence-corrected chi connectivity index (χ3v) is 3.34. The average Bonchev–Trinajstić information content (AvgIpc) is 2.75. The van der Waals surface area contributed by atoms with Crippen molar-refractivity contribution in [3.05, 3.63) is 0 Å². The number of ether oxygens (including phenoxy) is 3. The first-order chi connectivity index (χ1) is 9.22. The predicted molar refractivity (Wildman–Crippen MR) is 68.2 cm³/mol. The Morgan fingerprint density at radius 2 is 1.90 bits per heavy atom. The molecule has 2 aliphatic rings. The van der Waals surface area contributed by atoms with Crippen molar-refractivity contribution >= 4 is 12.1 Å². The van der Waals surface area contributed by atoms with Gasteiger partial charge in [0.25, 0.3) is 0 Å². The molecule has 0 aliphatic carbocycles. The number of rotatable bonds is 1. The Kier molecular flexibility index (Phi) is 3.93. The summed E-state index contributed by atoms with van der Waals surface area (Å²) in [6.45, 7) is 6.39. The normalized spacial score (nSPS) is 25.8. The van der Waals surface area contributed by atoms with Crippen LogP contribution in [-0.4, -0.2) is 59.3 Å². The van der Waals surface area contributed by atoms with Crippen LogP contribution in [0.3, 0.4) is 0 Å². The third kappa shape index (κ3) is 3.21. The topological polar surface area (TPSA) is 85.3 Å². The van der Waals surface area contributed by atoms with E-state index in [1.165, 1.54) is 4.90 Å². The highest BCUT2D eigenvalue weighted by Crippen LogP contribution is 2.35. The minimum atomic E-state index is -1.07. The number of carbonyl (C=O) groups is 2. The van der Waals surface area contributed by atoms with E-state index < -0.39 is 29.5 Å². The monoisotopic (exact) mass is 287 g/mol. The summed E-state index contributed by atoms with van der Waals surface area (Å²) >= 11 is 0. The highest BCUT2D eigenvalue weighted by molar-refractivity contribution is 5.80. The van der Waals surface area contributed by atoms with Crippen molar-refractivity contribution in [1.29, 1.82) is 0 Å². The Morgan fingerprint density at radius 3 is 2.40 bits per heavy atom. The lowest BCUT2D eigenvalue weighted by Gasteiger charge is -2.41. The summed E-state index contributed by atoms with van der Waals surface area (Å²) in [6, 6.07) is -0.989. The smallest absolute Gasteiger partial charge is 0.411 e. The van der Waals surface area contributed by atoms with Gasteiger partial charge in [0, 0.05) is 19.4 Å². The largest absolute Gasteiger partial charge is 0.480 e. The second-order valence-electron chi connectivity index (χ2n) is 6.09. The van der Waals surface area contributed by atoms with Gasteiger partial charge in [0.2, 0.25) is 0 Å². The van der Waals surface area contributed by atoms with Gasteiger partial charge in [-0.1, -0.05) is 0 Å². The minimum Gasteiger partial charge on any atom is -0.480 e. The highest BCUT2D eigenvalue weighted by Gasteiger charge is 2.49. The average molecular weight is 287 g/mol. The maximum absolute atomic E-state index is 12.1. The number of nitrogens with zero attached hydrogens (tertiary/aromatic N) is 1. The van der Waals surface area contributed by atoms with E-state index in [9.17, 15) is 14.7 Å². The van der Waals surface area contributed by atoms with Crippen LogP contribution in [-0.2, 0) is 19.0 Å². The van der Waals surface area contributed by atoms with Crippen LogP contribution in [0.4, 0.5) is 4.79 Å². The summed E-state index contributed by atoms with van der Waals surface area (Å²) in [4.78, 5) is 24.7. The molecule has 0 aromatic heterocycles. The van der Waals surface area contributed by atoms with Gasteiger partial charge in [0.15, 0.2) is 5.79 Å². The van der Waals surface area contributed by atoms with Gasteiger partial charge in [-0.15, -0.1) is 0 Å². The van der Waals surface area contributed by atoms with Gasteiger partial charge < -0.3 is 19.3 Å². The summed E-state index contributed by atoms with van der Waals surface area (Å²) in [5.41, 5.74) is -0.657. The summed E-state index contributed by atoms with van der Waals surface area (Å²) < 4.78 is 16.3. The van der Waals surface area contributed by atoms with E-state index in [1.54, 1.807) is 20.8 Å². The summed E-state index contributed by atoms with van der Waals surface area (Å²) in [6.07, 6.45) is -0.0322. The molecule has 1 amide bonds. The number of aliphatic carboxylic acids is 1. The maximum atomic E-state index is 12.1. The van der Waals surface area contributed by atoms with Crippen molar-refractivity contribution in [3.63, 3.8) is 0 Å². The van der Waals surface area contributed by atoms with Gasteiger partial charge in [-0.2, -0.15) is 0 Å². The number of carbonyl (C=O) groups excluding carboxylic acids is 1. The van der Waals surface area contributed by atoms with E-state index in [4.69, 9.17) is 14.2 Å². The second kappa shape index (κ2) is 5.21. The molecule has 2 heterocycles. The Balaban J connectivity index is 2.10. The molecule has 0 bridgehead atoms.